The van der Waals surface area contributed by atoms with E-state index < -0.39 is 0 Å². The average molecular weight is 409 g/mol. The molecule has 0 unspecified atom stereocenters. The number of rotatable bonds is 18. The lowest BCUT2D eigenvalue weighted by molar-refractivity contribution is 0.571. The van der Waals surface area contributed by atoms with Crippen LogP contribution in [-0.4, -0.2) is 0 Å². The second kappa shape index (κ2) is 16.4. The average Bonchev–Trinajstić information content (AvgIpc) is 2.78. The van der Waals surface area contributed by atoms with Crippen molar-refractivity contribution in [1.29, 1.82) is 0 Å². The van der Waals surface area contributed by atoms with Gasteiger partial charge < -0.3 is 0 Å². The Morgan fingerprint density at radius 1 is 0.467 bits per heavy atom. The van der Waals surface area contributed by atoms with E-state index in [2.05, 4.69) is 50.2 Å². The van der Waals surface area contributed by atoms with E-state index >= 15 is 0 Å². The van der Waals surface area contributed by atoms with Gasteiger partial charge in [0.1, 0.15) is 0 Å². The van der Waals surface area contributed by atoms with Crippen LogP contribution in [0.2, 0.25) is 0 Å². The van der Waals surface area contributed by atoms with Gasteiger partial charge in [-0.2, -0.15) is 0 Å². The number of aryl methyl sites for hydroxylation is 2. The molecule has 0 saturated carbocycles. The highest BCUT2D eigenvalue weighted by Gasteiger charge is 2.08. The van der Waals surface area contributed by atoms with Crippen LogP contribution in [-0.2, 0) is 12.8 Å². The van der Waals surface area contributed by atoms with Crippen molar-refractivity contribution in [1.82, 2.24) is 0 Å². The Bertz CT molecular complexity index is 669. The maximum Gasteiger partial charge on any atom is -0.0149 e. The Morgan fingerprint density at radius 3 is 1.57 bits per heavy atom. The minimum absolute atomic E-state index is 1.27. The summed E-state index contributed by atoms with van der Waals surface area (Å²) in [5, 5.41) is 2.93. The molecule has 2 rings (SSSR count). The standard InChI is InChI=1S/C30H48/c1-3-5-7-9-11-13-15-17-21-27-25-26-28-22-19-20-24-30(28)29(27)23-18-16-14-12-10-8-6-4-2/h19-20,22,24-26H,3-18,21,23H2,1-2H3. The van der Waals surface area contributed by atoms with Gasteiger partial charge in [-0.15, -0.1) is 0 Å². The molecule has 0 aromatic heterocycles. The zero-order valence-corrected chi connectivity index (χ0v) is 20.2. The molecule has 0 fully saturated rings. The van der Waals surface area contributed by atoms with Gasteiger partial charge >= 0.3 is 0 Å². The van der Waals surface area contributed by atoms with Crippen LogP contribution in [0.25, 0.3) is 10.8 Å². The lowest BCUT2D eigenvalue weighted by Crippen LogP contribution is -1.97. The molecule has 2 aromatic carbocycles. The maximum atomic E-state index is 2.43. The van der Waals surface area contributed by atoms with E-state index in [4.69, 9.17) is 0 Å². The molecule has 0 aliphatic heterocycles. The highest BCUT2D eigenvalue weighted by atomic mass is 14.1. The quantitative estimate of drug-likeness (QED) is 0.215. The summed E-state index contributed by atoms with van der Waals surface area (Å²) in [7, 11) is 0. The van der Waals surface area contributed by atoms with Gasteiger partial charge in [0.05, 0.1) is 0 Å². The summed E-state index contributed by atoms with van der Waals surface area (Å²) in [6.45, 7) is 4.60. The fraction of sp³-hybridized carbons (Fsp3) is 0.667. The first-order valence-corrected chi connectivity index (χ1v) is 13.4. The van der Waals surface area contributed by atoms with E-state index in [1.807, 2.05) is 0 Å². The van der Waals surface area contributed by atoms with Gasteiger partial charge in [0.25, 0.3) is 0 Å². The van der Waals surface area contributed by atoms with Gasteiger partial charge in [-0.3, -0.25) is 0 Å². The Morgan fingerprint density at radius 2 is 0.967 bits per heavy atom. The van der Waals surface area contributed by atoms with Crippen molar-refractivity contribution >= 4 is 10.8 Å². The fourth-order valence-corrected chi connectivity index (χ4v) is 4.80. The van der Waals surface area contributed by atoms with Crippen LogP contribution in [0, 0.1) is 0 Å². The lowest BCUT2D eigenvalue weighted by Gasteiger charge is -2.14. The van der Waals surface area contributed by atoms with Crippen molar-refractivity contribution in [3.8, 4) is 0 Å². The van der Waals surface area contributed by atoms with Crippen LogP contribution in [0.15, 0.2) is 36.4 Å². The van der Waals surface area contributed by atoms with Crippen LogP contribution in [0.5, 0.6) is 0 Å². The maximum absolute atomic E-state index is 2.43. The van der Waals surface area contributed by atoms with Crippen LogP contribution in [0.1, 0.15) is 128 Å². The molecule has 0 heteroatoms. The SMILES string of the molecule is CCCCCCCCCCc1ccc2ccccc2c1CCCCCCCCCC. The van der Waals surface area contributed by atoms with Gasteiger partial charge in [-0.05, 0) is 47.6 Å². The van der Waals surface area contributed by atoms with Gasteiger partial charge in [0.2, 0.25) is 0 Å². The third kappa shape index (κ3) is 9.67. The first kappa shape index (κ1) is 25.0. The molecule has 0 N–H and O–H groups in total. The second-order valence-corrected chi connectivity index (χ2v) is 9.37. The third-order valence-electron chi connectivity index (χ3n) is 6.72. The van der Waals surface area contributed by atoms with E-state index in [0.29, 0.717) is 0 Å². The molecule has 0 nitrogen and oxygen atoms in total. The van der Waals surface area contributed by atoms with Crippen LogP contribution < -0.4 is 0 Å². The minimum Gasteiger partial charge on any atom is -0.0654 e. The molecule has 0 aliphatic carbocycles. The summed E-state index contributed by atoms with van der Waals surface area (Å²) in [6, 6.07) is 13.8. The van der Waals surface area contributed by atoms with Crippen LogP contribution in [0.3, 0.4) is 0 Å². The number of benzene rings is 2. The molecule has 0 spiro atoms. The van der Waals surface area contributed by atoms with Crippen molar-refractivity contribution in [2.75, 3.05) is 0 Å². The first-order chi connectivity index (χ1) is 14.9. The topological polar surface area (TPSA) is 0 Å². The zero-order valence-electron chi connectivity index (χ0n) is 20.2. The predicted octanol–water partition coefficient (Wildman–Crippen LogP) is 10.2. The molecule has 0 heterocycles. The Labute approximate surface area is 187 Å². The van der Waals surface area contributed by atoms with E-state index in [0.717, 1.165) is 0 Å². The highest BCUT2D eigenvalue weighted by molar-refractivity contribution is 5.86. The third-order valence-corrected chi connectivity index (χ3v) is 6.72. The molecular formula is C30H48. The zero-order chi connectivity index (χ0) is 21.3. The number of fused-ring (bicyclic) bond motifs is 1. The summed E-state index contributed by atoms with van der Waals surface area (Å²) >= 11 is 0. The molecule has 0 aliphatic rings. The molecule has 0 amide bonds. The number of unbranched alkanes of at least 4 members (excludes halogenated alkanes) is 14. The number of hydrogen-bond acceptors (Lipinski definition) is 0. The Kier molecular flexibility index (Phi) is 13.6. The van der Waals surface area contributed by atoms with Crippen molar-refractivity contribution in [2.45, 2.75) is 129 Å². The lowest BCUT2D eigenvalue weighted by atomic mass is 9.91. The first-order valence-electron chi connectivity index (χ1n) is 13.4. The summed E-state index contributed by atoms with van der Waals surface area (Å²) in [4.78, 5) is 0. The Hall–Kier alpha value is -1.30. The molecule has 30 heavy (non-hydrogen) atoms. The largest absolute Gasteiger partial charge is 0.0654 e. The van der Waals surface area contributed by atoms with E-state index in [1.165, 1.54) is 126 Å². The molecule has 168 valence electrons. The normalized spacial score (nSPS) is 11.4. The van der Waals surface area contributed by atoms with Gasteiger partial charge in [0, 0.05) is 0 Å². The van der Waals surface area contributed by atoms with Crippen molar-refractivity contribution in [3.05, 3.63) is 47.5 Å². The smallest absolute Gasteiger partial charge is 0.0149 e. The number of hydrogen-bond donors (Lipinski definition) is 0. The second-order valence-electron chi connectivity index (χ2n) is 9.37. The van der Waals surface area contributed by atoms with Crippen LogP contribution in [0.4, 0.5) is 0 Å². The summed E-state index contributed by atoms with van der Waals surface area (Å²) < 4.78 is 0. The highest BCUT2D eigenvalue weighted by Crippen LogP contribution is 2.26. The summed E-state index contributed by atoms with van der Waals surface area (Å²) in [6.07, 6.45) is 25.0. The van der Waals surface area contributed by atoms with Gasteiger partial charge in [0.15, 0.2) is 0 Å². The van der Waals surface area contributed by atoms with Crippen molar-refractivity contribution in [3.63, 3.8) is 0 Å². The summed E-state index contributed by atoms with van der Waals surface area (Å²) in [5.41, 5.74) is 3.28. The minimum atomic E-state index is 1.27. The van der Waals surface area contributed by atoms with Gasteiger partial charge in [-0.1, -0.05) is 140 Å². The molecule has 0 saturated heterocycles. The molecule has 0 atom stereocenters. The molecule has 0 radical (unpaired) electrons. The monoisotopic (exact) mass is 408 g/mol. The van der Waals surface area contributed by atoms with Crippen molar-refractivity contribution < 1.29 is 0 Å². The van der Waals surface area contributed by atoms with Crippen molar-refractivity contribution in [2.24, 2.45) is 0 Å². The van der Waals surface area contributed by atoms with E-state index in [1.54, 1.807) is 11.1 Å². The predicted molar refractivity (Wildman–Crippen MR) is 137 cm³/mol. The molecule has 2 aromatic rings. The fourth-order valence-electron chi connectivity index (χ4n) is 4.80. The molecule has 0 bridgehead atoms. The molecular weight excluding hydrogens is 360 g/mol. The summed E-state index contributed by atoms with van der Waals surface area (Å²) in [5.74, 6) is 0. The Balaban J connectivity index is 1.80. The van der Waals surface area contributed by atoms with Gasteiger partial charge in [-0.25, -0.2) is 0 Å². The van der Waals surface area contributed by atoms with Crippen LogP contribution >= 0.6 is 0 Å². The van der Waals surface area contributed by atoms with E-state index in [-0.39, 0.29) is 0 Å². The van der Waals surface area contributed by atoms with E-state index in [9.17, 15) is 0 Å².